The van der Waals surface area contributed by atoms with Crippen LogP contribution >= 0.6 is 0 Å². The minimum atomic E-state index is -0.315. The van der Waals surface area contributed by atoms with Crippen molar-refractivity contribution in [2.45, 2.75) is 34.3 Å². The molecule has 0 unspecified atom stereocenters. The Morgan fingerprint density at radius 1 is 1.04 bits per heavy atom. The zero-order valence-electron chi connectivity index (χ0n) is 15.4. The molecule has 0 saturated carbocycles. The van der Waals surface area contributed by atoms with Crippen molar-refractivity contribution in [2.24, 2.45) is 0 Å². The van der Waals surface area contributed by atoms with Gasteiger partial charge in [-0.3, -0.25) is 4.79 Å². The quantitative estimate of drug-likeness (QED) is 0.722. The van der Waals surface area contributed by atoms with E-state index in [9.17, 15) is 4.79 Å². The van der Waals surface area contributed by atoms with E-state index in [-0.39, 0.29) is 18.2 Å². The molecule has 26 heavy (non-hydrogen) atoms. The number of carbonyl (C=O) groups is 1. The first kappa shape index (κ1) is 17.7. The first-order valence-electron chi connectivity index (χ1n) is 8.47. The standard InChI is InChI=1S/C21H22N2O3/c1-13-6-9-17(10-7-13)22-21(24)20-18(16(4)26-23-20)12-25-19-11-14(2)5-8-15(19)3/h5-11H,12H2,1-4H3,(H,22,24). The van der Waals surface area contributed by atoms with E-state index in [0.717, 1.165) is 22.4 Å². The summed E-state index contributed by atoms with van der Waals surface area (Å²) in [7, 11) is 0. The van der Waals surface area contributed by atoms with Crippen LogP contribution in [-0.4, -0.2) is 11.1 Å². The van der Waals surface area contributed by atoms with Gasteiger partial charge >= 0.3 is 0 Å². The van der Waals surface area contributed by atoms with Crippen molar-refractivity contribution >= 4 is 11.6 Å². The smallest absolute Gasteiger partial charge is 0.278 e. The molecule has 1 amide bonds. The lowest BCUT2D eigenvalue weighted by molar-refractivity contribution is 0.101. The minimum absolute atomic E-state index is 0.219. The van der Waals surface area contributed by atoms with Crippen LogP contribution < -0.4 is 10.1 Å². The second kappa shape index (κ2) is 7.44. The molecule has 0 aliphatic heterocycles. The van der Waals surface area contributed by atoms with Crippen molar-refractivity contribution in [3.8, 4) is 5.75 Å². The summed E-state index contributed by atoms with van der Waals surface area (Å²) >= 11 is 0. The van der Waals surface area contributed by atoms with Crippen molar-refractivity contribution in [3.63, 3.8) is 0 Å². The van der Waals surface area contributed by atoms with Crippen LogP contribution in [0.15, 0.2) is 47.0 Å². The van der Waals surface area contributed by atoms with E-state index in [2.05, 4.69) is 10.5 Å². The Balaban J connectivity index is 1.76. The maximum atomic E-state index is 12.6. The summed E-state index contributed by atoms with van der Waals surface area (Å²) in [5.41, 5.74) is 4.88. The third kappa shape index (κ3) is 3.94. The Morgan fingerprint density at radius 3 is 2.46 bits per heavy atom. The number of aryl methyl sites for hydroxylation is 4. The average molecular weight is 350 g/mol. The second-order valence-corrected chi connectivity index (χ2v) is 6.44. The Hall–Kier alpha value is -3.08. The van der Waals surface area contributed by atoms with Gasteiger partial charge in [0.15, 0.2) is 5.69 Å². The molecule has 0 aliphatic rings. The highest BCUT2D eigenvalue weighted by Gasteiger charge is 2.20. The third-order valence-electron chi connectivity index (χ3n) is 4.22. The molecule has 1 N–H and O–H groups in total. The summed E-state index contributed by atoms with van der Waals surface area (Å²) in [6.07, 6.45) is 0. The lowest BCUT2D eigenvalue weighted by atomic mass is 10.1. The topological polar surface area (TPSA) is 64.4 Å². The van der Waals surface area contributed by atoms with Crippen molar-refractivity contribution in [1.29, 1.82) is 0 Å². The molecule has 134 valence electrons. The normalized spacial score (nSPS) is 10.6. The van der Waals surface area contributed by atoms with Gasteiger partial charge in [0, 0.05) is 5.69 Å². The first-order chi connectivity index (χ1) is 12.4. The number of ether oxygens (including phenoxy) is 1. The van der Waals surface area contributed by atoms with Gasteiger partial charge in [-0.05, 0) is 57.0 Å². The van der Waals surface area contributed by atoms with Gasteiger partial charge in [0.2, 0.25) is 0 Å². The molecular formula is C21H22N2O3. The number of nitrogens with zero attached hydrogens (tertiary/aromatic N) is 1. The van der Waals surface area contributed by atoms with E-state index in [4.69, 9.17) is 9.26 Å². The van der Waals surface area contributed by atoms with Crippen LogP contribution in [0.25, 0.3) is 0 Å². The summed E-state index contributed by atoms with van der Waals surface area (Å²) in [6.45, 7) is 7.99. The van der Waals surface area contributed by atoms with Crippen molar-refractivity contribution < 1.29 is 14.1 Å². The molecular weight excluding hydrogens is 328 g/mol. The fourth-order valence-corrected chi connectivity index (χ4v) is 2.58. The summed E-state index contributed by atoms with van der Waals surface area (Å²) in [5.74, 6) is 1.05. The summed E-state index contributed by atoms with van der Waals surface area (Å²) in [6, 6.07) is 13.6. The fourth-order valence-electron chi connectivity index (χ4n) is 2.58. The van der Waals surface area contributed by atoms with E-state index < -0.39 is 0 Å². The number of hydrogen-bond donors (Lipinski definition) is 1. The molecule has 0 bridgehead atoms. The summed E-state index contributed by atoms with van der Waals surface area (Å²) in [4.78, 5) is 12.6. The zero-order chi connectivity index (χ0) is 18.7. The Kier molecular flexibility index (Phi) is 5.07. The van der Waals surface area contributed by atoms with Crippen LogP contribution in [0.3, 0.4) is 0 Å². The molecule has 2 aromatic carbocycles. The second-order valence-electron chi connectivity index (χ2n) is 6.44. The van der Waals surface area contributed by atoms with E-state index in [1.807, 2.05) is 63.2 Å². The van der Waals surface area contributed by atoms with E-state index >= 15 is 0 Å². The number of amides is 1. The van der Waals surface area contributed by atoms with Gasteiger partial charge in [0.05, 0.1) is 5.56 Å². The van der Waals surface area contributed by atoms with Gasteiger partial charge in [0.25, 0.3) is 5.91 Å². The molecule has 1 aromatic heterocycles. The Bertz CT molecular complexity index is 927. The van der Waals surface area contributed by atoms with Crippen molar-refractivity contribution in [2.75, 3.05) is 5.32 Å². The number of nitrogens with one attached hydrogen (secondary N) is 1. The van der Waals surface area contributed by atoms with Crippen LogP contribution in [0.2, 0.25) is 0 Å². The number of hydrogen-bond acceptors (Lipinski definition) is 4. The van der Waals surface area contributed by atoms with Gasteiger partial charge in [-0.1, -0.05) is 35.0 Å². The van der Waals surface area contributed by atoms with Gasteiger partial charge in [-0.2, -0.15) is 0 Å². The van der Waals surface area contributed by atoms with Gasteiger partial charge in [0.1, 0.15) is 18.1 Å². The molecule has 1 heterocycles. The highest BCUT2D eigenvalue weighted by molar-refractivity contribution is 6.03. The lowest BCUT2D eigenvalue weighted by Crippen LogP contribution is -2.15. The molecule has 5 nitrogen and oxygen atoms in total. The van der Waals surface area contributed by atoms with Crippen LogP contribution in [0.4, 0.5) is 5.69 Å². The predicted molar refractivity (Wildman–Crippen MR) is 101 cm³/mol. The van der Waals surface area contributed by atoms with Crippen LogP contribution in [0.1, 0.15) is 38.5 Å². The molecule has 3 aromatic rings. The van der Waals surface area contributed by atoms with E-state index in [0.29, 0.717) is 17.0 Å². The van der Waals surface area contributed by atoms with E-state index in [1.54, 1.807) is 6.92 Å². The molecule has 5 heteroatoms. The maximum absolute atomic E-state index is 12.6. The highest BCUT2D eigenvalue weighted by atomic mass is 16.5. The third-order valence-corrected chi connectivity index (χ3v) is 4.22. The van der Waals surface area contributed by atoms with Crippen LogP contribution in [0, 0.1) is 27.7 Å². The Morgan fingerprint density at radius 2 is 1.73 bits per heavy atom. The minimum Gasteiger partial charge on any atom is -0.488 e. The number of anilines is 1. The summed E-state index contributed by atoms with van der Waals surface area (Å²) in [5, 5.41) is 6.76. The fraction of sp³-hybridized carbons (Fsp3) is 0.238. The lowest BCUT2D eigenvalue weighted by Gasteiger charge is -2.10. The summed E-state index contributed by atoms with van der Waals surface area (Å²) < 4.78 is 11.1. The molecule has 0 saturated heterocycles. The predicted octanol–water partition coefficient (Wildman–Crippen LogP) is 4.74. The SMILES string of the molecule is Cc1ccc(NC(=O)c2noc(C)c2COc2cc(C)ccc2C)cc1. The van der Waals surface area contributed by atoms with E-state index in [1.165, 1.54) is 0 Å². The van der Waals surface area contributed by atoms with Crippen LogP contribution in [0.5, 0.6) is 5.75 Å². The average Bonchev–Trinajstić information content (AvgIpc) is 2.98. The molecule has 0 atom stereocenters. The van der Waals surface area contributed by atoms with Crippen molar-refractivity contribution in [3.05, 3.63) is 76.2 Å². The number of carbonyl (C=O) groups excluding carboxylic acids is 1. The number of benzene rings is 2. The molecule has 0 fully saturated rings. The maximum Gasteiger partial charge on any atom is 0.278 e. The largest absolute Gasteiger partial charge is 0.488 e. The van der Waals surface area contributed by atoms with Crippen molar-refractivity contribution in [1.82, 2.24) is 5.16 Å². The highest BCUT2D eigenvalue weighted by Crippen LogP contribution is 2.23. The Labute approximate surface area is 153 Å². The van der Waals surface area contributed by atoms with Gasteiger partial charge < -0.3 is 14.6 Å². The first-order valence-corrected chi connectivity index (χ1v) is 8.47. The van der Waals surface area contributed by atoms with Gasteiger partial charge in [-0.15, -0.1) is 0 Å². The zero-order valence-corrected chi connectivity index (χ0v) is 15.4. The molecule has 0 aliphatic carbocycles. The molecule has 0 spiro atoms. The monoisotopic (exact) mass is 350 g/mol. The number of aromatic nitrogens is 1. The molecule has 3 rings (SSSR count). The van der Waals surface area contributed by atoms with Gasteiger partial charge in [-0.25, -0.2) is 0 Å². The molecule has 0 radical (unpaired) electrons. The van der Waals surface area contributed by atoms with Crippen LogP contribution in [-0.2, 0) is 6.61 Å². The number of rotatable bonds is 5.